The fraction of sp³-hybridized carbons (Fsp3) is 0.211. The van der Waals surface area contributed by atoms with Crippen molar-refractivity contribution in [1.82, 2.24) is 10.3 Å². The highest BCUT2D eigenvalue weighted by Crippen LogP contribution is 2.30. The van der Waals surface area contributed by atoms with E-state index in [1.807, 2.05) is 13.8 Å². The first kappa shape index (κ1) is 15.9. The van der Waals surface area contributed by atoms with Crippen molar-refractivity contribution < 1.29 is 14.7 Å². The number of allylic oxidation sites excluding steroid dienone is 1. The molecule has 5 heteroatoms. The number of hydrogen-bond donors (Lipinski definition) is 2. The van der Waals surface area contributed by atoms with Crippen LogP contribution in [0.5, 0.6) is 0 Å². The molecule has 0 fully saturated rings. The molecule has 0 amide bonds. The summed E-state index contributed by atoms with van der Waals surface area (Å²) in [6, 6.07) is 8.43. The summed E-state index contributed by atoms with van der Waals surface area (Å²) in [5.41, 5.74) is 2.97. The molecule has 0 radical (unpaired) electrons. The normalized spacial score (nSPS) is 17.0. The van der Waals surface area contributed by atoms with Gasteiger partial charge in [-0.15, -0.1) is 0 Å². The number of hydrogen-bond acceptors (Lipinski definition) is 4. The average Bonchev–Trinajstić information content (AvgIpc) is 2.54. The van der Waals surface area contributed by atoms with Crippen LogP contribution in [0.3, 0.4) is 0 Å². The van der Waals surface area contributed by atoms with Crippen LogP contribution in [-0.2, 0) is 6.42 Å². The summed E-state index contributed by atoms with van der Waals surface area (Å²) >= 11 is 0. The monoisotopic (exact) mass is 322 g/mol. The lowest BCUT2D eigenvalue weighted by Crippen LogP contribution is -2.44. The third-order valence-corrected chi connectivity index (χ3v) is 3.97. The number of nitrogens with one attached hydrogen (secondary N) is 1. The first-order valence-corrected chi connectivity index (χ1v) is 7.66. The van der Waals surface area contributed by atoms with Crippen LogP contribution in [0.15, 0.2) is 48.8 Å². The Morgan fingerprint density at radius 1 is 1.25 bits per heavy atom. The number of aromatic carboxylic acids is 1. The van der Waals surface area contributed by atoms with Gasteiger partial charge in [-0.3, -0.25) is 9.78 Å². The van der Waals surface area contributed by atoms with Crippen molar-refractivity contribution in [3.05, 3.63) is 71.1 Å². The van der Waals surface area contributed by atoms with Crippen molar-refractivity contribution in [2.75, 3.05) is 0 Å². The second kappa shape index (κ2) is 5.92. The molecular formula is C19H18N2O3. The van der Waals surface area contributed by atoms with Crippen molar-refractivity contribution >= 4 is 17.4 Å². The summed E-state index contributed by atoms with van der Waals surface area (Å²) < 4.78 is 0. The van der Waals surface area contributed by atoms with E-state index in [1.54, 1.807) is 42.6 Å². The standard InChI is InChI=1S/C19H18N2O3/c1-19(2)10-14-8-12(18(23)24)5-6-15(14)16(21-19)9-17(22)13-4-3-7-20-11-13/h3-9,11,21H,10H2,1-2H3,(H,23,24)/b16-9-. The highest BCUT2D eigenvalue weighted by Gasteiger charge is 2.28. The zero-order valence-corrected chi connectivity index (χ0v) is 13.5. The molecule has 5 nitrogen and oxygen atoms in total. The lowest BCUT2D eigenvalue weighted by molar-refractivity contribution is 0.0696. The van der Waals surface area contributed by atoms with Crippen molar-refractivity contribution in [2.24, 2.45) is 0 Å². The van der Waals surface area contributed by atoms with Crippen molar-refractivity contribution in [3.8, 4) is 0 Å². The number of pyridine rings is 1. The quantitative estimate of drug-likeness (QED) is 0.671. The molecule has 0 saturated carbocycles. The lowest BCUT2D eigenvalue weighted by atomic mass is 9.84. The molecule has 122 valence electrons. The minimum atomic E-state index is -0.953. The summed E-state index contributed by atoms with van der Waals surface area (Å²) in [5.74, 6) is -1.09. The topological polar surface area (TPSA) is 79.3 Å². The minimum Gasteiger partial charge on any atom is -0.478 e. The molecule has 0 aliphatic carbocycles. The molecule has 0 spiro atoms. The van der Waals surface area contributed by atoms with Crippen LogP contribution in [0.4, 0.5) is 0 Å². The average molecular weight is 322 g/mol. The molecule has 1 aliphatic rings. The van der Waals surface area contributed by atoms with Crippen molar-refractivity contribution in [1.29, 1.82) is 0 Å². The first-order valence-electron chi connectivity index (χ1n) is 7.66. The fourth-order valence-corrected chi connectivity index (χ4v) is 2.92. The molecule has 2 N–H and O–H groups in total. The van der Waals surface area contributed by atoms with Gasteiger partial charge in [0.2, 0.25) is 0 Å². The smallest absolute Gasteiger partial charge is 0.335 e. The van der Waals surface area contributed by atoms with Gasteiger partial charge in [-0.25, -0.2) is 4.79 Å². The van der Waals surface area contributed by atoms with E-state index < -0.39 is 5.97 Å². The number of aromatic nitrogens is 1. The molecule has 1 aliphatic heterocycles. The van der Waals surface area contributed by atoms with Gasteiger partial charge in [0.15, 0.2) is 5.78 Å². The third-order valence-electron chi connectivity index (χ3n) is 3.97. The van der Waals surface area contributed by atoms with Gasteiger partial charge >= 0.3 is 5.97 Å². The van der Waals surface area contributed by atoms with E-state index in [9.17, 15) is 14.7 Å². The van der Waals surface area contributed by atoms with E-state index >= 15 is 0 Å². The van der Waals surface area contributed by atoms with Crippen LogP contribution in [0.2, 0.25) is 0 Å². The van der Waals surface area contributed by atoms with Gasteiger partial charge in [-0.05, 0) is 50.1 Å². The summed E-state index contributed by atoms with van der Waals surface area (Å²) in [4.78, 5) is 27.6. The number of benzene rings is 1. The zero-order valence-electron chi connectivity index (χ0n) is 13.5. The molecule has 24 heavy (non-hydrogen) atoms. The molecule has 3 rings (SSSR count). The third kappa shape index (κ3) is 3.20. The number of nitrogens with zero attached hydrogens (tertiary/aromatic N) is 1. The molecular weight excluding hydrogens is 304 g/mol. The van der Waals surface area contributed by atoms with Crippen LogP contribution >= 0.6 is 0 Å². The molecule has 0 bridgehead atoms. The van der Waals surface area contributed by atoms with E-state index in [-0.39, 0.29) is 16.9 Å². The maximum atomic E-state index is 12.5. The summed E-state index contributed by atoms with van der Waals surface area (Å²) in [6.45, 7) is 4.04. The van der Waals surface area contributed by atoms with E-state index in [4.69, 9.17) is 0 Å². The highest BCUT2D eigenvalue weighted by atomic mass is 16.4. The second-order valence-electron chi connectivity index (χ2n) is 6.53. The van der Waals surface area contributed by atoms with Gasteiger partial charge in [0, 0.05) is 40.8 Å². The van der Waals surface area contributed by atoms with E-state index in [2.05, 4.69) is 10.3 Å². The first-order chi connectivity index (χ1) is 11.4. The number of carbonyl (C=O) groups excluding carboxylic acids is 1. The summed E-state index contributed by atoms with van der Waals surface area (Å²) in [5, 5.41) is 12.6. The highest BCUT2D eigenvalue weighted by molar-refractivity contribution is 6.08. The Hall–Kier alpha value is -2.95. The van der Waals surface area contributed by atoms with Gasteiger partial charge in [-0.2, -0.15) is 0 Å². The number of carboxylic acid groups (broad SMARTS) is 1. The van der Waals surface area contributed by atoms with Crippen LogP contribution in [0.1, 0.15) is 45.7 Å². The fourth-order valence-electron chi connectivity index (χ4n) is 2.92. The van der Waals surface area contributed by atoms with E-state index in [0.717, 1.165) is 11.1 Å². The van der Waals surface area contributed by atoms with Gasteiger partial charge < -0.3 is 10.4 Å². The Kier molecular flexibility index (Phi) is 3.93. The SMILES string of the molecule is CC1(C)Cc2cc(C(=O)O)ccc2/C(=C/C(=O)c2cccnc2)N1. The Bertz CT molecular complexity index is 839. The molecule has 1 aromatic heterocycles. The second-order valence-corrected chi connectivity index (χ2v) is 6.53. The van der Waals surface area contributed by atoms with Crippen molar-refractivity contribution in [3.63, 3.8) is 0 Å². The number of rotatable bonds is 3. The maximum Gasteiger partial charge on any atom is 0.335 e. The molecule has 2 aromatic rings. The Morgan fingerprint density at radius 3 is 2.71 bits per heavy atom. The molecule has 0 atom stereocenters. The van der Waals surface area contributed by atoms with Gasteiger partial charge in [-0.1, -0.05) is 6.07 Å². The Morgan fingerprint density at radius 2 is 2.04 bits per heavy atom. The lowest BCUT2D eigenvalue weighted by Gasteiger charge is -2.35. The van der Waals surface area contributed by atoms with Crippen LogP contribution < -0.4 is 5.32 Å². The van der Waals surface area contributed by atoms with Gasteiger partial charge in [0.25, 0.3) is 0 Å². The Labute approximate surface area is 140 Å². The predicted molar refractivity (Wildman–Crippen MR) is 90.9 cm³/mol. The van der Waals surface area contributed by atoms with Gasteiger partial charge in [0.1, 0.15) is 0 Å². The number of ketones is 1. The minimum absolute atomic E-state index is 0.142. The zero-order chi connectivity index (χ0) is 17.3. The molecule has 2 heterocycles. The van der Waals surface area contributed by atoms with Crippen molar-refractivity contribution in [2.45, 2.75) is 25.8 Å². The predicted octanol–water partition coefficient (Wildman–Crippen LogP) is 2.93. The molecule has 1 aromatic carbocycles. The van der Waals surface area contributed by atoms with Crippen LogP contribution in [0, 0.1) is 0 Å². The number of carboxylic acids is 1. The van der Waals surface area contributed by atoms with Crippen LogP contribution in [0.25, 0.3) is 5.70 Å². The summed E-state index contributed by atoms with van der Waals surface area (Å²) in [6.07, 6.45) is 5.38. The molecule has 0 unspecified atom stereocenters. The molecule has 0 saturated heterocycles. The van der Waals surface area contributed by atoms with E-state index in [1.165, 1.54) is 6.20 Å². The van der Waals surface area contributed by atoms with Gasteiger partial charge in [0.05, 0.1) is 5.56 Å². The summed E-state index contributed by atoms with van der Waals surface area (Å²) in [7, 11) is 0. The maximum absolute atomic E-state index is 12.5. The largest absolute Gasteiger partial charge is 0.478 e. The number of fused-ring (bicyclic) bond motifs is 1. The van der Waals surface area contributed by atoms with Crippen LogP contribution in [-0.4, -0.2) is 27.4 Å². The number of carbonyl (C=O) groups is 2. The Balaban J connectivity index is 2.05. The van der Waals surface area contributed by atoms with E-state index in [0.29, 0.717) is 17.7 Å².